The van der Waals surface area contributed by atoms with E-state index in [1.54, 1.807) is 21.3 Å². The monoisotopic (exact) mass is 313 g/mol. The Bertz CT molecular complexity index is 725. The second-order valence-corrected chi connectivity index (χ2v) is 5.37. The van der Waals surface area contributed by atoms with Gasteiger partial charge >= 0.3 is 0 Å². The molecule has 1 heterocycles. The summed E-state index contributed by atoms with van der Waals surface area (Å²) in [5.41, 5.74) is 2.75. The van der Waals surface area contributed by atoms with Crippen LogP contribution in [0.5, 0.6) is 17.2 Å². The molecule has 0 aliphatic carbocycles. The van der Waals surface area contributed by atoms with E-state index in [1.807, 2.05) is 36.4 Å². The number of carbonyl (C=O) groups is 1. The molecule has 1 atom stereocenters. The van der Waals surface area contributed by atoms with Crippen LogP contribution in [0.15, 0.2) is 36.4 Å². The molecule has 1 aliphatic rings. The van der Waals surface area contributed by atoms with Gasteiger partial charge in [0.1, 0.15) is 17.2 Å². The number of carbonyl (C=O) groups excluding carboxylic acids is 1. The number of hydrogen-bond donors (Lipinski definition) is 1. The predicted octanol–water partition coefficient (Wildman–Crippen LogP) is 3.19. The topological polar surface area (TPSA) is 56.8 Å². The van der Waals surface area contributed by atoms with Crippen LogP contribution in [-0.2, 0) is 4.79 Å². The zero-order valence-corrected chi connectivity index (χ0v) is 13.4. The minimum Gasteiger partial charge on any atom is -0.497 e. The molecule has 1 N–H and O–H groups in total. The van der Waals surface area contributed by atoms with Crippen LogP contribution in [0.1, 0.15) is 23.5 Å². The maximum Gasteiger partial charge on any atom is 0.225 e. The average molecular weight is 313 g/mol. The fourth-order valence-electron chi connectivity index (χ4n) is 2.96. The summed E-state index contributed by atoms with van der Waals surface area (Å²) in [7, 11) is 4.84. The summed E-state index contributed by atoms with van der Waals surface area (Å²) in [6, 6.07) is 11.4. The van der Waals surface area contributed by atoms with Crippen LogP contribution in [0.4, 0.5) is 5.69 Å². The molecule has 0 fully saturated rings. The maximum absolute atomic E-state index is 12.1. The summed E-state index contributed by atoms with van der Waals surface area (Å²) in [6.45, 7) is 0. The van der Waals surface area contributed by atoms with E-state index in [-0.39, 0.29) is 11.8 Å². The molecule has 120 valence electrons. The van der Waals surface area contributed by atoms with Gasteiger partial charge in [0.15, 0.2) is 0 Å². The lowest BCUT2D eigenvalue weighted by Gasteiger charge is -2.28. The third-order valence-corrected chi connectivity index (χ3v) is 4.10. The minimum atomic E-state index is -0.0643. The predicted molar refractivity (Wildman–Crippen MR) is 87.6 cm³/mol. The summed E-state index contributed by atoms with van der Waals surface area (Å²) in [4.78, 5) is 12.1. The Hall–Kier alpha value is -2.69. The van der Waals surface area contributed by atoms with Crippen LogP contribution >= 0.6 is 0 Å². The Morgan fingerprint density at radius 2 is 1.65 bits per heavy atom. The molecule has 2 aromatic rings. The second-order valence-electron chi connectivity index (χ2n) is 5.37. The largest absolute Gasteiger partial charge is 0.497 e. The van der Waals surface area contributed by atoms with Crippen molar-refractivity contribution in [1.82, 2.24) is 0 Å². The fraction of sp³-hybridized carbons (Fsp3) is 0.278. The van der Waals surface area contributed by atoms with E-state index in [4.69, 9.17) is 14.2 Å². The van der Waals surface area contributed by atoms with E-state index in [9.17, 15) is 4.79 Å². The van der Waals surface area contributed by atoms with Gasteiger partial charge in [-0.2, -0.15) is 0 Å². The first-order valence-electron chi connectivity index (χ1n) is 7.36. The van der Waals surface area contributed by atoms with Crippen LogP contribution < -0.4 is 19.5 Å². The van der Waals surface area contributed by atoms with Gasteiger partial charge in [0.05, 0.1) is 27.0 Å². The number of anilines is 1. The molecular formula is C18H19NO4. The van der Waals surface area contributed by atoms with Crippen molar-refractivity contribution in [3.05, 3.63) is 47.5 Å². The number of nitrogens with one attached hydrogen (secondary N) is 1. The second kappa shape index (κ2) is 6.20. The Balaban J connectivity index is 2.11. The first-order chi connectivity index (χ1) is 11.2. The number of methoxy groups -OCH3 is 3. The van der Waals surface area contributed by atoms with Crippen molar-refractivity contribution in [3.8, 4) is 17.2 Å². The van der Waals surface area contributed by atoms with Crippen molar-refractivity contribution in [2.75, 3.05) is 26.6 Å². The summed E-state index contributed by atoms with van der Waals surface area (Å²) < 4.78 is 16.0. The van der Waals surface area contributed by atoms with E-state index in [1.165, 1.54) is 0 Å². The molecule has 2 aromatic carbocycles. The minimum absolute atomic E-state index is 0.0198. The lowest BCUT2D eigenvalue weighted by Crippen LogP contribution is -2.24. The third-order valence-electron chi connectivity index (χ3n) is 4.10. The molecule has 1 aliphatic heterocycles. The SMILES string of the molecule is COc1ccc([C@H]2CC(=O)Nc3cc(OC)cc(OC)c32)cc1. The van der Waals surface area contributed by atoms with Gasteiger partial charge in [-0.25, -0.2) is 0 Å². The van der Waals surface area contributed by atoms with Gasteiger partial charge in [-0.15, -0.1) is 0 Å². The van der Waals surface area contributed by atoms with E-state index in [0.717, 1.165) is 22.6 Å². The molecule has 0 radical (unpaired) electrons. The van der Waals surface area contributed by atoms with Crippen LogP contribution in [0, 0.1) is 0 Å². The highest BCUT2D eigenvalue weighted by Crippen LogP contribution is 2.44. The van der Waals surface area contributed by atoms with Gasteiger partial charge < -0.3 is 19.5 Å². The first kappa shape index (κ1) is 15.2. The quantitative estimate of drug-likeness (QED) is 0.942. The van der Waals surface area contributed by atoms with E-state index < -0.39 is 0 Å². The standard InChI is InChI=1S/C18H19NO4/c1-21-12-6-4-11(5-7-12)14-10-17(20)19-15-8-13(22-2)9-16(23-3)18(14)15/h4-9,14H,10H2,1-3H3,(H,19,20)/t14-/m1/s1. The third kappa shape index (κ3) is 2.82. The molecule has 0 saturated heterocycles. The average Bonchev–Trinajstić information content (AvgIpc) is 2.59. The van der Waals surface area contributed by atoms with Crippen molar-refractivity contribution in [2.45, 2.75) is 12.3 Å². The maximum atomic E-state index is 12.1. The number of fused-ring (bicyclic) bond motifs is 1. The van der Waals surface area contributed by atoms with Gasteiger partial charge in [0, 0.05) is 30.0 Å². The summed E-state index contributed by atoms with van der Waals surface area (Å²) in [5.74, 6) is 2.06. The highest BCUT2D eigenvalue weighted by atomic mass is 16.5. The molecule has 23 heavy (non-hydrogen) atoms. The molecular weight excluding hydrogens is 294 g/mol. The molecule has 0 saturated carbocycles. The van der Waals surface area contributed by atoms with Crippen molar-refractivity contribution in [3.63, 3.8) is 0 Å². The Kier molecular flexibility index (Phi) is 4.10. The number of benzene rings is 2. The summed E-state index contributed by atoms with van der Waals surface area (Å²) >= 11 is 0. The van der Waals surface area contributed by atoms with Gasteiger partial charge in [-0.3, -0.25) is 4.79 Å². The number of amides is 1. The number of rotatable bonds is 4. The van der Waals surface area contributed by atoms with Crippen molar-refractivity contribution >= 4 is 11.6 Å². The molecule has 0 unspecified atom stereocenters. The molecule has 5 heteroatoms. The zero-order chi connectivity index (χ0) is 16.4. The molecule has 0 aromatic heterocycles. The first-order valence-corrected chi connectivity index (χ1v) is 7.36. The van der Waals surface area contributed by atoms with E-state index in [0.29, 0.717) is 17.9 Å². The summed E-state index contributed by atoms with van der Waals surface area (Å²) in [5, 5.41) is 2.91. The van der Waals surface area contributed by atoms with Gasteiger partial charge in [0.2, 0.25) is 5.91 Å². The van der Waals surface area contributed by atoms with Crippen LogP contribution in [-0.4, -0.2) is 27.2 Å². The number of hydrogen-bond acceptors (Lipinski definition) is 4. The Morgan fingerprint density at radius 3 is 2.26 bits per heavy atom. The summed E-state index contributed by atoms with van der Waals surface area (Å²) in [6.07, 6.45) is 0.377. The van der Waals surface area contributed by atoms with E-state index >= 15 is 0 Å². The normalized spacial score (nSPS) is 16.3. The van der Waals surface area contributed by atoms with Gasteiger partial charge in [0.25, 0.3) is 0 Å². The highest BCUT2D eigenvalue weighted by Gasteiger charge is 2.30. The Morgan fingerprint density at radius 1 is 0.957 bits per heavy atom. The van der Waals surface area contributed by atoms with Gasteiger partial charge in [-0.05, 0) is 17.7 Å². The van der Waals surface area contributed by atoms with Crippen molar-refractivity contribution < 1.29 is 19.0 Å². The van der Waals surface area contributed by atoms with Crippen LogP contribution in [0.25, 0.3) is 0 Å². The smallest absolute Gasteiger partial charge is 0.225 e. The molecule has 1 amide bonds. The van der Waals surface area contributed by atoms with Crippen LogP contribution in [0.3, 0.4) is 0 Å². The van der Waals surface area contributed by atoms with Crippen molar-refractivity contribution in [2.24, 2.45) is 0 Å². The number of ether oxygens (including phenoxy) is 3. The molecule has 5 nitrogen and oxygen atoms in total. The zero-order valence-electron chi connectivity index (χ0n) is 13.4. The van der Waals surface area contributed by atoms with Crippen LogP contribution in [0.2, 0.25) is 0 Å². The Labute approximate surface area is 135 Å². The lowest BCUT2D eigenvalue weighted by molar-refractivity contribution is -0.116. The fourth-order valence-corrected chi connectivity index (χ4v) is 2.96. The lowest BCUT2D eigenvalue weighted by atomic mass is 9.84. The van der Waals surface area contributed by atoms with Gasteiger partial charge in [-0.1, -0.05) is 12.1 Å². The molecule has 0 spiro atoms. The highest BCUT2D eigenvalue weighted by molar-refractivity contribution is 5.96. The van der Waals surface area contributed by atoms with E-state index in [2.05, 4.69) is 5.32 Å². The molecule has 0 bridgehead atoms. The molecule has 3 rings (SSSR count). The van der Waals surface area contributed by atoms with Crippen molar-refractivity contribution in [1.29, 1.82) is 0 Å².